The van der Waals surface area contributed by atoms with Gasteiger partial charge in [0.05, 0.1) is 5.56 Å². The molecule has 0 aliphatic heterocycles. The summed E-state index contributed by atoms with van der Waals surface area (Å²) in [5.41, 5.74) is 1.76. The molecule has 5 heteroatoms. The molecule has 0 radical (unpaired) electrons. The van der Waals surface area contributed by atoms with Crippen LogP contribution in [0, 0.1) is 11.3 Å². The van der Waals surface area contributed by atoms with Crippen molar-refractivity contribution < 1.29 is 0 Å². The second-order valence-corrected chi connectivity index (χ2v) is 4.37. The molecule has 18 heavy (non-hydrogen) atoms. The summed E-state index contributed by atoms with van der Waals surface area (Å²) >= 11 is 5.13. The standard InChI is InChI=1S/C13H16N4S/c1-10(2)5-3-8-16-13(18)17-12-11(9-14)6-4-7-15-12/h4-7H,3,8H2,1-2H3,(H2,15,16,17,18). The highest BCUT2D eigenvalue weighted by atomic mass is 32.1. The summed E-state index contributed by atoms with van der Waals surface area (Å²) in [5, 5.41) is 15.4. The Morgan fingerprint density at radius 1 is 1.56 bits per heavy atom. The first-order chi connectivity index (χ1) is 8.63. The quantitative estimate of drug-likeness (QED) is 0.495. The Morgan fingerprint density at radius 2 is 2.33 bits per heavy atom. The van der Waals surface area contributed by atoms with Crippen molar-refractivity contribution in [1.82, 2.24) is 10.3 Å². The van der Waals surface area contributed by atoms with Gasteiger partial charge in [-0.3, -0.25) is 0 Å². The molecule has 0 saturated carbocycles. The van der Waals surface area contributed by atoms with Gasteiger partial charge in [-0.25, -0.2) is 4.98 Å². The number of pyridine rings is 1. The van der Waals surface area contributed by atoms with Crippen LogP contribution in [0.15, 0.2) is 30.0 Å². The van der Waals surface area contributed by atoms with Crippen molar-refractivity contribution >= 4 is 23.1 Å². The van der Waals surface area contributed by atoms with Crippen LogP contribution in [0.3, 0.4) is 0 Å². The van der Waals surface area contributed by atoms with Crippen LogP contribution in [0.2, 0.25) is 0 Å². The maximum Gasteiger partial charge on any atom is 0.171 e. The first kappa shape index (κ1) is 14.1. The minimum absolute atomic E-state index is 0.478. The topological polar surface area (TPSA) is 60.7 Å². The Balaban J connectivity index is 2.45. The molecular weight excluding hydrogens is 244 g/mol. The lowest BCUT2D eigenvalue weighted by Gasteiger charge is -2.09. The molecule has 94 valence electrons. The van der Waals surface area contributed by atoms with Crippen LogP contribution in [-0.4, -0.2) is 16.6 Å². The van der Waals surface area contributed by atoms with E-state index in [1.807, 2.05) is 0 Å². The van der Waals surface area contributed by atoms with Crippen molar-refractivity contribution in [3.05, 3.63) is 35.5 Å². The predicted octanol–water partition coefficient (Wildman–Crippen LogP) is 2.60. The number of anilines is 1. The lowest BCUT2D eigenvalue weighted by molar-refractivity contribution is 0.891. The summed E-state index contributed by atoms with van der Waals surface area (Å²) in [6.45, 7) is 4.87. The maximum atomic E-state index is 8.91. The molecule has 1 aromatic heterocycles. The zero-order valence-electron chi connectivity index (χ0n) is 10.5. The highest BCUT2D eigenvalue weighted by molar-refractivity contribution is 7.80. The van der Waals surface area contributed by atoms with Gasteiger partial charge in [0.1, 0.15) is 11.9 Å². The molecule has 0 spiro atoms. The van der Waals surface area contributed by atoms with E-state index in [1.54, 1.807) is 18.3 Å². The number of nitriles is 1. The molecule has 0 aliphatic carbocycles. The van der Waals surface area contributed by atoms with Gasteiger partial charge in [0.15, 0.2) is 5.11 Å². The Bertz CT molecular complexity index is 484. The van der Waals surface area contributed by atoms with Crippen molar-refractivity contribution in [2.75, 3.05) is 11.9 Å². The van der Waals surface area contributed by atoms with Crippen LogP contribution in [0.1, 0.15) is 25.8 Å². The first-order valence-electron chi connectivity index (χ1n) is 5.67. The van der Waals surface area contributed by atoms with Gasteiger partial charge in [0.25, 0.3) is 0 Å². The molecule has 0 aliphatic rings. The summed E-state index contributed by atoms with van der Waals surface area (Å²) in [4.78, 5) is 4.07. The van der Waals surface area contributed by atoms with Gasteiger partial charge in [0.2, 0.25) is 0 Å². The number of hydrogen-bond acceptors (Lipinski definition) is 3. The van der Waals surface area contributed by atoms with Crippen LogP contribution in [0.25, 0.3) is 0 Å². The number of aromatic nitrogens is 1. The largest absolute Gasteiger partial charge is 0.362 e. The minimum atomic E-state index is 0.478. The number of hydrogen-bond donors (Lipinski definition) is 2. The maximum absolute atomic E-state index is 8.91. The zero-order valence-corrected chi connectivity index (χ0v) is 11.3. The van der Waals surface area contributed by atoms with Gasteiger partial charge in [-0.1, -0.05) is 11.6 Å². The van der Waals surface area contributed by atoms with E-state index in [1.165, 1.54) is 5.57 Å². The third kappa shape index (κ3) is 4.93. The smallest absolute Gasteiger partial charge is 0.171 e. The van der Waals surface area contributed by atoms with E-state index in [0.29, 0.717) is 16.5 Å². The van der Waals surface area contributed by atoms with Crippen molar-refractivity contribution in [3.8, 4) is 6.07 Å². The summed E-state index contributed by atoms with van der Waals surface area (Å²) in [7, 11) is 0. The van der Waals surface area contributed by atoms with Gasteiger partial charge in [-0.15, -0.1) is 0 Å². The zero-order chi connectivity index (χ0) is 13.4. The fourth-order valence-corrected chi connectivity index (χ4v) is 1.49. The van der Waals surface area contributed by atoms with Crippen molar-refractivity contribution in [1.29, 1.82) is 5.26 Å². The minimum Gasteiger partial charge on any atom is -0.362 e. The fraction of sp³-hybridized carbons (Fsp3) is 0.308. The van der Waals surface area contributed by atoms with Crippen LogP contribution < -0.4 is 10.6 Å². The van der Waals surface area contributed by atoms with Gasteiger partial charge in [-0.2, -0.15) is 5.26 Å². The Kier molecular flexibility index (Phi) is 5.81. The Morgan fingerprint density at radius 3 is 3.00 bits per heavy atom. The van der Waals surface area contributed by atoms with Gasteiger partial charge in [-0.05, 0) is 44.6 Å². The molecule has 0 bridgehead atoms. The van der Waals surface area contributed by atoms with E-state index in [-0.39, 0.29) is 0 Å². The first-order valence-corrected chi connectivity index (χ1v) is 6.07. The van der Waals surface area contributed by atoms with Gasteiger partial charge in [0, 0.05) is 12.7 Å². The molecule has 0 amide bonds. The molecule has 0 fully saturated rings. The average Bonchev–Trinajstić information content (AvgIpc) is 2.35. The van der Waals surface area contributed by atoms with Gasteiger partial charge >= 0.3 is 0 Å². The third-order valence-electron chi connectivity index (χ3n) is 2.14. The summed E-state index contributed by atoms with van der Waals surface area (Å²) in [6.07, 6.45) is 4.67. The molecule has 0 saturated heterocycles. The highest BCUT2D eigenvalue weighted by Crippen LogP contribution is 2.08. The lowest BCUT2D eigenvalue weighted by atomic mass is 10.3. The SMILES string of the molecule is CC(C)=CCCNC(=S)Nc1ncccc1C#N. The Hall–Kier alpha value is -1.93. The van der Waals surface area contributed by atoms with E-state index < -0.39 is 0 Å². The molecule has 1 rings (SSSR count). The number of allylic oxidation sites excluding steroid dienone is 1. The normalized spacial score (nSPS) is 9.17. The van der Waals surface area contributed by atoms with E-state index in [2.05, 4.69) is 41.6 Å². The van der Waals surface area contributed by atoms with E-state index in [0.717, 1.165) is 13.0 Å². The van der Waals surface area contributed by atoms with Crippen molar-refractivity contribution in [2.45, 2.75) is 20.3 Å². The van der Waals surface area contributed by atoms with E-state index >= 15 is 0 Å². The summed E-state index contributed by atoms with van der Waals surface area (Å²) in [6, 6.07) is 5.47. The Labute approximate surface area is 113 Å². The lowest BCUT2D eigenvalue weighted by Crippen LogP contribution is -2.29. The van der Waals surface area contributed by atoms with Crippen LogP contribution >= 0.6 is 12.2 Å². The van der Waals surface area contributed by atoms with Crippen molar-refractivity contribution in [2.24, 2.45) is 0 Å². The van der Waals surface area contributed by atoms with E-state index in [9.17, 15) is 0 Å². The molecule has 0 aromatic carbocycles. The molecule has 1 heterocycles. The monoisotopic (exact) mass is 260 g/mol. The molecule has 0 atom stereocenters. The van der Waals surface area contributed by atoms with Crippen molar-refractivity contribution in [3.63, 3.8) is 0 Å². The molecule has 4 nitrogen and oxygen atoms in total. The predicted molar refractivity (Wildman–Crippen MR) is 77.2 cm³/mol. The fourth-order valence-electron chi connectivity index (χ4n) is 1.29. The second-order valence-electron chi connectivity index (χ2n) is 3.96. The number of rotatable bonds is 4. The van der Waals surface area contributed by atoms with E-state index in [4.69, 9.17) is 17.5 Å². The molecule has 2 N–H and O–H groups in total. The number of nitrogens with one attached hydrogen (secondary N) is 2. The van der Waals surface area contributed by atoms with Crippen LogP contribution in [0.5, 0.6) is 0 Å². The molecule has 0 unspecified atom stereocenters. The molecular formula is C13H16N4S. The number of thiocarbonyl (C=S) groups is 1. The third-order valence-corrected chi connectivity index (χ3v) is 2.39. The van der Waals surface area contributed by atoms with Gasteiger partial charge < -0.3 is 10.6 Å². The number of nitrogens with zero attached hydrogens (tertiary/aromatic N) is 2. The summed E-state index contributed by atoms with van der Waals surface area (Å²) in [5.74, 6) is 0.486. The van der Waals surface area contributed by atoms with Crippen LogP contribution in [-0.2, 0) is 0 Å². The second kappa shape index (κ2) is 7.41. The van der Waals surface area contributed by atoms with Crippen LogP contribution in [0.4, 0.5) is 5.82 Å². The molecule has 1 aromatic rings. The summed E-state index contributed by atoms with van der Waals surface area (Å²) < 4.78 is 0. The average molecular weight is 260 g/mol. The highest BCUT2D eigenvalue weighted by Gasteiger charge is 2.03.